The van der Waals surface area contributed by atoms with Crippen molar-refractivity contribution in [3.05, 3.63) is 42.1 Å². The highest BCUT2D eigenvalue weighted by Crippen LogP contribution is 2.34. The van der Waals surface area contributed by atoms with Gasteiger partial charge in [-0.2, -0.15) is 0 Å². The number of fused-ring (bicyclic) bond motifs is 2. The van der Waals surface area contributed by atoms with Crippen LogP contribution in [0.1, 0.15) is 37.6 Å². The van der Waals surface area contributed by atoms with Crippen molar-refractivity contribution >= 4 is 29.9 Å². The van der Waals surface area contributed by atoms with Crippen LogP contribution in [0.5, 0.6) is 0 Å². The summed E-state index contributed by atoms with van der Waals surface area (Å²) in [4.78, 5) is 13.6. The van der Waals surface area contributed by atoms with Gasteiger partial charge in [0.25, 0.3) is 0 Å². The molecule has 27 heavy (non-hydrogen) atoms. The van der Waals surface area contributed by atoms with Crippen LogP contribution >= 0.6 is 24.0 Å². The number of halogens is 1. The van der Waals surface area contributed by atoms with Crippen LogP contribution < -0.4 is 10.6 Å². The van der Waals surface area contributed by atoms with Gasteiger partial charge >= 0.3 is 0 Å². The summed E-state index contributed by atoms with van der Waals surface area (Å²) in [6, 6.07) is 4.37. The molecule has 2 aromatic rings. The molecule has 2 saturated heterocycles. The Labute approximate surface area is 177 Å². The van der Waals surface area contributed by atoms with Crippen molar-refractivity contribution in [2.24, 2.45) is 4.99 Å². The number of hydrogen-bond donors (Lipinski definition) is 2. The van der Waals surface area contributed by atoms with E-state index in [9.17, 15) is 0 Å². The van der Waals surface area contributed by atoms with E-state index in [1.165, 1.54) is 6.42 Å². The first-order chi connectivity index (χ1) is 12.7. The molecule has 2 aliphatic heterocycles. The lowest BCUT2D eigenvalue weighted by atomic mass is 9.96. The zero-order valence-electron chi connectivity index (χ0n) is 15.8. The van der Waals surface area contributed by atoms with Crippen molar-refractivity contribution in [2.45, 2.75) is 57.9 Å². The Kier molecular flexibility index (Phi) is 6.69. The van der Waals surface area contributed by atoms with Gasteiger partial charge in [0.05, 0.1) is 24.8 Å². The summed E-state index contributed by atoms with van der Waals surface area (Å²) < 4.78 is 7.94. The van der Waals surface area contributed by atoms with E-state index in [1.54, 1.807) is 12.4 Å². The number of pyridine rings is 1. The summed E-state index contributed by atoms with van der Waals surface area (Å²) in [5.74, 6) is 2.63. The number of hydrogen-bond acceptors (Lipinski definition) is 4. The van der Waals surface area contributed by atoms with Crippen LogP contribution in [0.4, 0.5) is 0 Å². The van der Waals surface area contributed by atoms with E-state index in [4.69, 9.17) is 9.73 Å². The lowest BCUT2D eigenvalue weighted by Crippen LogP contribution is -2.47. The molecule has 2 fully saturated rings. The molecule has 2 aliphatic rings. The van der Waals surface area contributed by atoms with E-state index in [2.05, 4.69) is 33.6 Å². The van der Waals surface area contributed by atoms with Crippen LogP contribution in [0, 0.1) is 6.92 Å². The van der Waals surface area contributed by atoms with Crippen molar-refractivity contribution < 1.29 is 4.74 Å². The van der Waals surface area contributed by atoms with Gasteiger partial charge in [-0.1, -0.05) is 6.07 Å². The SMILES string of the molecule is CCNC(=NCc1cccnc1-n1ccnc1C)NC1CC2CCC1O2.I. The minimum atomic E-state index is 0. The summed E-state index contributed by atoms with van der Waals surface area (Å²) in [6.07, 6.45) is 9.69. The third kappa shape index (κ3) is 4.43. The Hall–Kier alpha value is -1.68. The van der Waals surface area contributed by atoms with Crippen LogP contribution in [-0.2, 0) is 11.3 Å². The molecule has 2 aromatic heterocycles. The Bertz CT molecular complexity index is 792. The van der Waals surface area contributed by atoms with Gasteiger partial charge in [-0.3, -0.25) is 4.57 Å². The lowest BCUT2D eigenvalue weighted by Gasteiger charge is -2.22. The molecule has 0 aromatic carbocycles. The maximum absolute atomic E-state index is 5.94. The number of rotatable bonds is 5. The summed E-state index contributed by atoms with van der Waals surface area (Å²) in [6.45, 7) is 5.44. The minimum absolute atomic E-state index is 0. The second-order valence-electron chi connectivity index (χ2n) is 6.89. The van der Waals surface area contributed by atoms with Gasteiger partial charge in [-0.05, 0) is 39.2 Å². The van der Waals surface area contributed by atoms with E-state index in [-0.39, 0.29) is 24.0 Å². The Morgan fingerprint density at radius 2 is 2.22 bits per heavy atom. The first-order valence-corrected chi connectivity index (χ1v) is 9.39. The van der Waals surface area contributed by atoms with Crippen LogP contribution in [-0.4, -0.2) is 45.3 Å². The van der Waals surface area contributed by atoms with Gasteiger partial charge in [-0.15, -0.1) is 24.0 Å². The molecule has 4 rings (SSSR count). The molecule has 0 radical (unpaired) electrons. The predicted molar refractivity (Wildman–Crippen MR) is 116 cm³/mol. The molecule has 7 nitrogen and oxygen atoms in total. The highest BCUT2D eigenvalue weighted by atomic mass is 127. The highest BCUT2D eigenvalue weighted by Gasteiger charge is 2.41. The zero-order chi connectivity index (χ0) is 17.9. The molecule has 0 spiro atoms. The smallest absolute Gasteiger partial charge is 0.191 e. The van der Waals surface area contributed by atoms with Crippen molar-refractivity contribution in [1.29, 1.82) is 0 Å². The van der Waals surface area contributed by atoms with Gasteiger partial charge < -0.3 is 15.4 Å². The van der Waals surface area contributed by atoms with Crippen molar-refractivity contribution in [3.8, 4) is 5.82 Å². The Morgan fingerprint density at radius 3 is 2.89 bits per heavy atom. The Morgan fingerprint density at radius 1 is 1.33 bits per heavy atom. The first kappa shape index (κ1) is 20.1. The fourth-order valence-electron chi connectivity index (χ4n) is 3.82. The summed E-state index contributed by atoms with van der Waals surface area (Å²) in [5, 5.41) is 6.91. The number of aliphatic imine (C=N–C) groups is 1. The fraction of sp³-hybridized carbons (Fsp3) is 0.526. The molecule has 2 N–H and O–H groups in total. The largest absolute Gasteiger partial charge is 0.373 e. The predicted octanol–water partition coefficient (Wildman–Crippen LogP) is 2.57. The average Bonchev–Trinajstić information content (AvgIpc) is 3.37. The van der Waals surface area contributed by atoms with Gasteiger partial charge in [0.15, 0.2) is 5.96 Å². The Balaban J connectivity index is 0.00000210. The molecule has 146 valence electrons. The van der Waals surface area contributed by atoms with Gasteiger partial charge in [0.2, 0.25) is 0 Å². The fourth-order valence-corrected chi connectivity index (χ4v) is 3.82. The molecule has 0 amide bonds. The highest BCUT2D eigenvalue weighted by molar-refractivity contribution is 14.0. The molecule has 4 heterocycles. The van der Waals surface area contributed by atoms with E-state index in [0.29, 0.717) is 24.8 Å². The van der Waals surface area contributed by atoms with E-state index in [1.807, 2.05) is 23.8 Å². The van der Waals surface area contributed by atoms with Gasteiger partial charge in [0, 0.05) is 30.7 Å². The molecule has 3 atom stereocenters. The van der Waals surface area contributed by atoms with Crippen LogP contribution in [0.25, 0.3) is 5.82 Å². The monoisotopic (exact) mass is 482 g/mol. The molecule has 0 aliphatic carbocycles. The quantitative estimate of drug-likeness (QED) is 0.389. The number of ether oxygens (including phenoxy) is 1. The van der Waals surface area contributed by atoms with Crippen LogP contribution in [0.15, 0.2) is 35.7 Å². The number of aromatic nitrogens is 3. The molecular weight excluding hydrogens is 455 g/mol. The van der Waals surface area contributed by atoms with Crippen LogP contribution in [0.3, 0.4) is 0 Å². The van der Waals surface area contributed by atoms with E-state index >= 15 is 0 Å². The standard InChI is InChI=1S/C19H26N6O.HI/c1-3-20-19(24-16-11-15-6-7-17(16)26-15)23-12-14-5-4-8-22-18(14)25-10-9-21-13(25)2;/h4-5,8-10,15-17H,3,6-7,11-12H2,1-2H3,(H2,20,23,24);1H. The number of guanidine groups is 1. The third-order valence-corrected chi connectivity index (χ3v) is 5.10. The number of nitrogens with zero attached hydrogens (tertiary/aromatic N) is 4. The second-order valence-corrected chi connectivity index (χ2v) is 6.89. The zero-order valence-corrected chi connectivity index (χ0v) is 18.1. The summed E-state index contributed by atoms with van der Waals surface area (Å²) >= 11 is 0. The summed E-state index contributed by atoms with van der Waals surface area (Å²) in [7, 11) is 0. The van der Waals surface area contributed by atoms with Gasteiger partial charge in [0.1, 0.15) is 11.6 Å². The third-order valence-electron chi connectivity index (χ3n) is 5.10. The molecule has 2 bridgehead atoms. The van der Waals surface area contributed by atoms with E-state index < -0.39 is 0 Å². The number of nitrogens with one attached hydrogen (secondary N) is 2. The second kappa shape index (κ2) is 9.01. The molecule has 3 unspecified atom stereocenters. The minimum Gasteiger partial charge on any atom is -0.373 e. The topological polar surface area (TPSA) is 76.4 Å². The molecular formula is C19H27IN6O. The maximum atomic E-state index is 5.94. The van der Waals surface area contributed by atoms with Gasteiger partial charge in [-0.25, -0.2) is 15.0 Å². The van der Waals surface area contributed by atoms with Crippen molar-refractivity contribution in [2.75, 3.05) is 6.54 Å². The summed E-state index contributed by atoms with van der Waals surface area (Å²) in [5.41, 5.74) is 1.06. The van der Waals surface area contributed by atoms with E-state index in [0.717, 1.165) is 42.6 Å². The molecule has 0 saturated carbocycles. The average molecular weight is 482 g/mol. The molecule has 8 heteroatoms. The number of aryl methyl sites for hydroxylation is 1. The maximum Gasteiger partial charge on any atom is 0.191 e. The van der Waals surface area contributed by atoms with Crippen molar-refractivity contribution in [3.63, 3.8) is 0 Å². The first-order valence-electron chi connectivity index (χ1n) is 9.39. The van der Waals surface area contributed by atoms with Crippen molar-refractivity contribution in [1.82, 2.24) is 25.2 Å². The number of imidazole rings is 1. The normalized spacial score (nSPS) is 23.9. The van der Waals surface area contributed by atoms with Crippen LogP contribution in [0.2, 0.25) is 0 Å². The lowest BCUT2D eigenvalue weighted by molar-refractivity contribution is 0.0992.